The Morgan fingerprint density at radius 3 is 2.41 bits per heavy atom. The molecule has 0 aliphatic heterocycles. The van der Waals surface area contributed by atoms with E-state index in [2.05, 4.69) is 36.8 Å². The summed E-state index contributed by atoms with van der Waals surface area (Å²) in [5.41, 5.74) is 2.00. The fourth-order valence-corrected chi connectivity index (χ4v) is 3.78. The monoisotopic (exact) mass is 434 g/mol. The van der Waals surface area contributed by atoms with E-state index in [1.54, 1.807) is 0 Å². The van der Waals surface area contributed by atoms with Crippen LogP contribution < -0.4 is 5.56 Å². The molecule has 0 unspecified atom stereocenters. The first-order chi connectivity index (χ1) is 10.6. The second-order valence-electron chi connectivity index (χ2n) is 4.52. The van der Waals surface area contributed by atoms with Gasteiger partial charge in [-0.15, -0.1) is 11.3 Å². The molecule has 3 rings (SSSR count). The number of nitrogens with zero attached hydrogens (tertiary/aromatic N) is 1. The van der Waals surface area contributed by atoms with Gasteiger partial charge in [-0.2, -0.15) is 5.26 Å². The van der Waals surface area contributed by atoms with Gasteiger partial charge < -0.3 is 4.98 Å². The van der Waals surface area contributed by atoms with Crippen LogP contribution in [-0.2, 0) is 0 Å². The lowest BCUT2D eigenvalue weighted by atomic mass is 10.0. The number of thiophene rings is 1. The Bertz CT molecular complexity index is 936. The van der Waals surface area contributed by atoms with Gasteiger partial charge in [-0.1, -0.05) is 28.1 Å². The maximum atomic E-state index is 12.2. The Kier molecular flexibility index (Phi) is 4.30. The second kappa shape index (κ2) is 6.21. The summed E-state index contributed by atoms with van der Waals surface area (Å²) in [7, 11) is 0. The average molecular weight is 436 g/mol. The summed E-state index contributed by atoms with van der Waals surface area (Å²) in [5.74, 6) is 0. The molecule has 22 heavy (non-hydrogen) atoms. The third-order valence-electron chi connectivity index (χ3n) is 3.14. The van der Waals surface area contributed by atoms with Crippen molar-refractivity contribution in [1.29, 1.82) is 5.26 Å². The highest BCUT2D eigenvalue weighted by Crippen LogP contribution is 2.34. The van der Waals surface area contributed by atoms with E-state index in [0.29, 0.717) is 11.3 Å². The van der Waals surface area contributed by atoms with Gasteiger partial charge >= 0.3 is 0 Å². The predicted molar refractivity (Wildman–Crippen MR) is 95.9 cm³/mol. The van der Waals surface area contributed by atoms with Crippen molar-refractivity contribution in [2.24, 2.45) is 0 Å². The minimum Gasteiger partial charge on any atom is -0.321 e. The number of nitrogens with one attached hydrogen (secondary N) is 1. The Hall–Kier alpha value is -1.68. The highest BCUT2D eigenvalue weighted by Gasteiger charge is 2.14. The standard InChI is InChI=1S/C16H8Br2N2OS/c17-10-3-1-9(2-4-10)13-7-11(12(8-19)16(21)20-13)14-5-6-15(18)22-14/h1-7H,(H,20,21). The van der Waals surface area contributed by atoms with Crippen molar-refractivity contribution < 1.29 is 0 Å². The van der Waals surface area contributed by atoms with Crippen molar-refractivity contribution in [3.8, 4) is 27.8 Å². The fourth-order valence-electron chi connectivity index (χ4n) is 2.11. The minimum absolute atomic E-state index is 0.134. The van der Waals surface area contributed by atoms with E-state index in [4.69, 9.17) is 0 Å². The number of pyridine rings is 1. The van der Waals surface area contributed by atoms with E-state index < -0.39 is 0 Å². The molecule has 108 valence electrons. The maximum absolute atomic E-state index is 12.2. The Morgan fingerprint density at radius 2 is 1.82 bits per heavy atom. The van der Waals surface area contributed by atoms with E-state index >= 15 is 0 Å². The van der Waals surface area contributed by atoms with Crippen molar-refractivity contribution >= 4 is 43.2 Å². The smallest absolute Gasteiger partial charge is 0.267 e. The molecule has 0 spiro atoms. The molecule has 0 saturated heterocycles. The number of benzene rings is 1. The van der Waals surface area contributed by atoms with Crippen LogP contribution in [0.1, 0.15) is 5.56 Å². The molecule has 2 heterocycles. The molecule has 0 saturated carbocycles. The van der Waals surface area contributed by atoms with Crippen LogP contribution in [0.3, 0.4) is 0 Å². The molecule has 0 fully saturated rings. The van der Waals surface area contributed by atoms with Crippen LogP contribution in [0.4, 0.5) is 0 Å². The fraction of sp³-hybridized carbons (Fsp3) is 0. The molecule has 1 N–H and O–H groups in total. The average Bonchev–Trinajstić information content (AvgIpc) is 2.93. The van der Waals surface area contributed by atoms with Gasteiger partial charge in [-0.3, -0.25) is 4.79 Å². The number of hydrogen-bond donors (Lipinski definition) is 1. The number of nitriles is 1. The number of halogens is 2. The van der Waals surface area contributed by atoms with Crippen molar-refractivity contribution in [2.45, 2.75) is 0 Å². The van der Waals surface area contributed by atoms with Crippen LogP contribution in [0.15, 0.2) is 55.5 Å². The van der Waals surface area contributed by atoms with Crippen molar-refractivity contribution in [3.63, 3.8) is 0 Å². The molecule has 0 radical (unpaired) electrons. The van der Waals surface area contributed by atoms with Crippen LogP contribution in [0.25, 0.3) is 21.7 Å². The largest absolute Gasteiger partial charge is 0.321 e. The lowest BCUT2D eigenvalue weighted by Gasteiger charge is -2.06. The summed E-state index contributed by atoms with van der Waals surface area (Å²) in [6.07, 6.45) is 0. The van der Waals surface area contributed by atoms with E-state index in [1.807, 2.05) is 48.5 Å². The summed E-state index contributed by atoms with van der Waals surface area (Å²) in [6, 6.07) is 15.3. The zero-order valence-corrected chi connectivity index (χ0v) is 15.0. The molecule has 0 bridgehead atoms. The summed E-state index contributed by atoms with van der Waals surface area (Å²) < 4.78 is 1.92. The van der Waals surface area contributed by atoms with Gasteiger partial charge in [-0.05, 0) is 51.8 Å². The highest BCUT2D eigenvalue weighted by molar-refractivity contribution is 9.11. The Balaban J connectivity index is 2.23. The van der Waals surface area contributed by atoms with E-state index in [-0.39, 0.29) is 11.1 Å². The third-order valence-corrected chi connectivity index (χ3v) is 5.32. The lowest BCUT2D eigenvalue weighted by Crippen LogP contribution is -2.12. The summed E-state index contributed by atoms with van der Waals surface area (Å²) in [6.45, 7) is 0. The molecule has 0 aliphatic carbocycles. The predicted octanol–water partition coefficient (Wildman–Crippen LogP) is 5.17. The van der Waals surface area contributed by atoms with Gasteiger partial charge in [0.2, 0.25) is 0 Å². The van der Waals surface area contributed by atoms with Crippen LogP contribution in [-0.4, -0.2) is 4.98 Å². The van der Waals surface area contributed by atoms with Crippen molar-refractivity contribution in [3.05, 3.63) is 66.6 Å². The minimum atomic E-state index is -0.373. The van der Waals surface area contributed by atoms with E-state index in [1.165, 1.54) is 11.3 Å². The molecular formula is C16H8Br2N2OS. The molecular weight excluding hydrogens is 428 g/mol. The maximum Gasteiger partial charge on any atom is 0.267 e. The SMILES string of the molecule is N#Cc1c(-c2ccc(Br)s2)cc(-c2ccc(Br)cc2)[nH]c1=O. The first kappa shape index (κ1) is 15.2. The molecule has 6 heteroatoms. The van der Waals surface area contributed by atoms with Crippen LogP contribution in [0.2, 0.25) is 0 Å². The number of rotatable bonds is 2. The molecule has 1 aromatic carbocycles. The molecule has 0 amide bonds. The summed E-state index contributed by atoms with van der Waals surface area (Å²) in [4.78, 5) is 15.9. The van der Waals surface area contributed by atoms with Gasteiger partial charge in [0.25, 0.3) is 5.56 Å². The second-order valence-corrected chi connectivity index (χ2v) is 7.90. The number of hydrogen-bond acceptors (Lipinski definition) is 3. The molecule has 0 atom stereocenters. The number of H-pyrrole nitrogens is 1. The van der Waals surface area contributed by atoms with Gasteiger partial charge in [0.15, 0.2) is 0 Å². The van der Waals surface area contributed by atoms with Crippen LogP contribution >= 0.6 is 43.2 Å². The Labute approximate surface area is 147 Å². The van der Waals surface area contributed by atoms with Crippen LogP contribution in [0.5, 0.6) is 0 Å². The number of aromatic amines is 1. The normalized spacial score (nSPS) is 10.4. The van der Waals surface area contributed by atoms with Gasteiger partial charge in [0, 0.05) is 20.6 Å². The molecule has 3 aromatic rings. The van der Waals surface area contributed by atoms with E-state index in [0.717, 1.165) is 18.7 Å². The van der Waals surface area contributed by atoms with Gasteiger partial charge in [0.1, 0.15) is 11.6 Å². The quantitative estimate of drug-likeness (QED) is 0.603. The third kappa shape index (κ3) is 2.93. The zero-order chi connectivity index (χ0) is 15.7. The molecule has 3 nitrogen and oxygen atoms in total. The van der Waals surface area contributed by atoms with Crippen molar-refractivity contribution in [2.75, 3.05) is 0 Å². The summed E-state index contributed by atoms with van der Waals surface area (Å²) in [5, 5.41) is 9.28. The first-order valence-corrected chi connectivity index (χ1v) is 8.68. The lowest BCUT2D eigenvalue weighted by molar-refractivity contribution is 1.22. The first-order valence-electron chi connectivity index (χ1n) is 6.27. The molecule has 0 aliphatic rings. The number of aromatic nitrogens is 1. The van der Waals surface area contributed by atoms with Gasteiger partial charge in [-0.25, -0.2) is 0 Å². The Morgan fingerprint density at radius 1 is 1.09 bits per heavy atom. The molecule has 2 aromatic heterocycles. The summed E-state index contributed by atoms with van der Waals surface area (Å²) >= 11 is 8.29. The zero-order valence-electron chi connectivity index (χ0n) is 11.1. The topological polar surface area (TPSA) is 56.6 Å². The van der Waals surface area contributed by atoms with Crippen molar-refractivity contribution in [1.82, 2.24) is 4.98 Å². The van der Waals surface area contributed by atoms with E-state index in [9.17, 15) is 10.1 Å². The van der Waals surface area contributed by atoms with Crippen LogP contribution in [0, 0.1) is 11.3 Å². The van der Waals surface area contributed by atoms with Gasteiger partial charge in [0.05, 0.1) is 3.79 Å². The highest BCUT2D eigenvalue weighted by atomic mass is 79.9.